The van der Waals surface area contributed by atoms with E-state index in [9.17, 15) is 14.9 Å². The Labute approximate surface area is 128 Å². The monoisotopic (exact) mass is 315 g/mol. The lowest BCUT2D eigenvalue weighted by Crippen LogP contribution is -1.96. The van der Waals surface area contributed by atoms with Crippen LogP contribution in [0, 0.1) is 10.1 Å². The van der Waals surface area contributed by atoms with Gasteiger partial charge in [-0.1, -0.05) is 42.3 Å². The SMILES string of the molecule is CC(=O)SCCCCCCc1ccc(Cl)cc1[N+](=O)[O-]. The average Bonchev–Trinajstić information content (AvgIpc) is 2.38. The Bertz CT molecular complexity index is 479. The molecule has 0 heterocycles. The highest BCUT2D eigenvalue weighted by Gasteiger charge is 2.13. The molecule has 0 saturated heterocycles. The number of nitrogens with zero attached hydrogens (tertiary/aromatic N) is 1. The maximum atomic E-state index is 10.9. The zero-order valence-electron chi connectivity index (χ0n) is 11.4. The normalized spacial score (nSPS) is 10.5. The highest BCUT2D eigenvalue weighted by Crippen LogP contribution is 2.24. The number of aryl methyl sites for hydroxylation is 1. The second-order valence-corrected chi connectivity index (χ2v) is 6.24. The number of halogens is 1. The molecule has 0 unspecified atom stereocenters. The summed E-state index contributed by atoms with van der Waals surface area (Å²) in [5.41, 5.74) is 0.835. The summed E-state index contributed by atoms with van der Waals surface area (Å²) in [5.74, 6) is 0.858. The van der Waals surface area contributed by atoms with Crippen molar-refractivity contribution in [2.24, 2.45) is 0 Å². The van der Waals surface area contributed by atoms with Crippen LogP contribution in [0.15, 0.2) is 18.2 Å². The van der Waals surface area contributed by atoms with E-state index in [2.05, 4.69) is 0 Å². The van der Waals surface area contributed by atoms with E-state index in [0.29, 0.717) is 11.4 Å². The Kier molecular flexibility index (Phi) is 7.62. The summed E-state index contributed by atoms with van der Waals surface area (Å²) in [6.07, 6.45) is 4.66. The van der Waals surface area contributed by atoms with Crippen LogP contribution in [0.25, 0.3) is 0 Å². The smallest absolute Gasteiger partial charge is 0.274 e. The van der Waals surface area contributed by atoms with E-state index in [4.69, 9.17) is 11.6 Å². The number of rotatable bonds is 8. The van der Waals surface area contributed by atoms with Gasteiger partial charge in [0.2, 0.25) is 0 Å². The Morgan fingerprint density at radius 3 is 2.65 bits per heavy atom. The van der Waals surface area contributed by atoms with E-state index in [1.807, 2.05) is 0 Å². The Hall–Kier alpha value is -1.07. The van der Waals surface area contributed by atoms with Gasteiger partial charge in [-0.25, -0.2) is 0 Å². The van der Waals surface area contributed by atoms with Crippen molar-refractivity contribution in [2.45, 2.75) is 39.0 Å². The predicted octanol–water partition coefficient (Wildman–Crippen LogP) is 4.63. The highest BCUT2D eigenvalue weighted by atomic mass is 35.5. The lowest BCUT2D eigenvalue weighted by atomic mass is 10.0. The largest absolute Gasteiger partial charge is 0.288 e. The maximum Gasteiger partial charge on any atom is 0.274 e. The molecule has 1 aromatic rings. The van der Waals surface area contributed by atoms with E-state index < -0.39 is 0 Å². The fraction of sp³-hybridized carbons (Fsp3) is 0.500. The molecule has 20 heavy (non-hydrogen) atoms. The molecule has 0 aliphatic rings. The molecule has 0 fully saturated rings. The summed E-state index contributed by atoms with van der Waals surface area (Å²) in [6, 6.07) is 4.82. The van der Waals surface area contributed by atoms with Gasteiger partial charge < -0.3 is 0 Å². The molecule has 1 aromatic carbocycles. The first-order chi connectivity index (χ1) is 9.50. The topological polar surface area (TPSA) is 60.2 Å². The molecule has 0 aliphatic carbocycles. The minimum Gasteiger partial charge on any atom is -0.288 e. The molecular formula is C14H18ClNO3S. The van der Waals surface area contributed by atoms with E-state index in [1.165, 1.54) is 17.8 Å². The fourth-order valence-corrected chi connectivity index (χ4v) is 2.71. The van der Waals surface area contributed by atoms with Gasteiger partial charge in [-0.3, -0.25) is 14.9 Å². The van der Waals surface area contributed by atoms with Gasteiger partial charge in [-0.05, 0) is 25.3 Å². The Morgan fingerprint density at radius 2 is 2.00 bits per heavy atom. The van der Waals surface area contributed by atoms with Gasteiger partial charge >= 0.3 is 0 Å². The lowest BCUT2D eigenvalue weighted by Gasteiger charge is -2.04. The molecule has 1 rings (SSSR count). The fourth-order valence-electron chi connectivity index (χ4n) is 1.91. The highest BCUT2D eigenvalue weighted by molar-refractivity contribution is 8.13. The minimum absolute atomic E-state index is 0.102. The lowest BCUT2D eigenvalue weighted by molar-refractivity contribution is -0.385. The van der Waals surface area contributed by atoms with Crippen LogP contribution in [0.5, 0.6) is 0 Å². The molecule has 0 bridgehead atoms. The van der Waals surface area contributed by atoms with Crippen molar-refractivity contribution in [3.05, 3.63) is 38.9 Å². The second-order valence-electron chi connectivity index (χ2n) is 4.53. The van der Waals surface area contributed by atoms with Crippen LogP contribution in [0.4, 0.5) is 5.69 Å². The molecule has 110 valence electrons. The molecule has 0 N–H and O–H groups in total. The predicted molar refractivity (Wildman–Crippen MR) is 83.4 cm³/mol. The van der Waals surface area contributed by atoms with E-state index >= 15 is 0 Å². The van der Waals surface area contributed by atoms with E-state index in [1.54, 1.807) is 19.1 Å². The summed E-state index contributed by atoms with van der Waals surface area (Å²) in [5, 5.41) is 11.5. The van der Waals surface area contributed by atoms with Gasteiger partial charge in [0.25, 0.3) is 5.69 Å². The summed E-state index contributed by atoms with van der Waals surface area (Å²) in [6.45, 7) is 1.57. The molecule has 0 aromatic heterocycles. The van der Waals surface area contributed by atoms with E-state index in [-0.39, 0.29) is 15.7 Å². The molecule has 0 aliphatic heterocycles. The third-order valence-electron chi connectivity index (χ3n) is 2.89. The summed E-state index contributed by atoms with van der Waals surface area (Å²) in [7, 11) is 0. The third-order valence-corrected chi connectivity index (χ3v) is 4.02. The van der Waals surface area contributed by atoms with Crippen LogP contribution in [-0.2, 0) is 11.2 Å². The van der Waals surface area contributed by atoms with Crippen molar-refractivity contribution in [1.82, 2.24) is 0 Å². The molecular weight excluding hydrogens is 298 g/mol. The van der Waals surface area contributed by atoms with Crippen molar-refractivity contribution < 1.29 is 9.72 Å². The maximum absolute atomic E-state index is 10.9. The van der Waals surface area contributed by atoms with E-state index in [0.717, 1.165) is 37.0 Å². The first-order valence-corrected chi connectivity index (χ1v) is 7.93. The Balaban J connectivity index is 2.32. The zero-order chi connectivity index (χ0) is 15.0. The number of thioether (sulfide) groups is 1. The standard InChI is InChI=1S/C14H18ClNO3S/c1-11(17)20-9-5-3-2-4-6-12-7-8-13(15)10-14(12)16(18)19/h7-8,10H,2-6,9H2,1H3. The van der Waals surface area contributed by atoms with Crippen LogP contribution in [0.1, 0.15) is 38.2 Å². The van der Waals surface area contributed by atoms with Crippen LogP contribution < -0.4 is 0 Å². The number of carbonyl (C=O) groups excluding carboxylic acids is 1. The number of hydrogen-bond acceptors (Lipinski definition) is 4. The van der Waals surface area contributed by atoms with Crippen LogP contribution in [0.3, 0.4) is 0 Å². The second kappa shape index (κ2) is 8.97. The number of carbonyl (C=O) groups is 1. The van der Waals surface area contributed by atoms with Gasteiger partial charge in [0.05, 0.1) is 4.92 Å². The van der Waals surface area contributed by atoms with Crippen LogP contribution in [0.2, 0.25) is 5.02 Å². The summed E-state index contributed by atoms with van der Waals surface area (Å²) >= 11 is 7.12. The van der Waals surface area contributed by atoms with Crippen LogP contribution in [-0.4, -0.2) is 15.8 Å². The van der Waals surface area contributed by atoms with Crippen molar-refractivity contribution >= 4 is 34.2 Å². The molecule has 0 spiro atoms. The molecule has 0 atom stereocenters. The minimum atomic E-state index is -0.384. The average molecular weight is 316 g/mol. The molecule has 4 nitrogen and oxygen atoms in total. The third kappa shape index (κ3) is 6.39. The Morgan fingerprint density at radius 1 is 1.30 bits per heavy atom. The van der Waals surface area contributed by atoms with Crippen LogP contribution >= 0.6 is 23.4 Å². The molecule has 0 amide bonds. The van der Waals surface area contributed by atoms with Crippen molar-refractivity contribution in [1.29, 1.82) is 0 Å². The van der Waals surface area contributed by atoms with Gasteiger partial charge in [0.15, 0.2) is 5.12 Å². The van der Waals surface area contributed by atoms with Gasteiger partial charge in [-0.2, -0.15) is 0 Å². The quantitative estimate of drug-likeness (QED) is 0.398. The molecule has 0 radical (unpaired) electrons. The first-order valence-electron chi connectivity index (χ1n) is 6.57. The molecule has 0 saturated carbocycles. The van der Waals surface area contributed by atoms with Gasteiger partial charge in [0, 0.05) is 29.3 Å². The van der Waals surface area contributed by atoms with Gasteiger partial charge in [0.1, 0.15) is 0 Å². The zero-order valence-corrected chi connectivity index (χ0v) is 13.0. The van der Waals surface area contributed by atoms with Crippen molar-refractivity contribution in [3.63, 3.8) is 0 Å². The number of nitro benzene ring substituents is 1. The van der Waals surface area contributed by atoms with Crippen molar-refractivity contribution in [2.75, 3.05) is 5.75 Å². The summed E-state index contributed by atoms with van der Waals surface area (Å²) in [4.78, 5) is 21.3. The first kappa shape index (κ1) is 17.0. The number of hydrogen-bond donors (Lipinski definition) is 0. The molecule has 6 heteroatoms. The van der Waals surface area contributed by atoms with Gasteiger partial charge in [-0.15, -0.1) is 0 Å². The number of benzene rings is 1. The van der Waals surface area contributed by atoms with Crippen molar-refractivity contribution in [3.8, 4) is 0 Å². The number of unbranched alkanes of at least 4 members (excludes halogenated alkanes) is 3. The number of nitro groups is 1. The summed E-state index contributed by atoms with van der Waals surface area (Å²) < 4.78 is 0.